The van der Waals surface area contributed by atoms with Crippen LogP contribution in [0.15, 0.2) is 18.2 Å². The normalized spacial score (nSPS) is 19.6. The first-order valence-corrected chi connectivity index (χ1v) is 8.13. The molecule has 0 atom stereocenters. The molecule has 0 bridgehead atoms. The highest BCUT2D eigenvalue weighted by atomic mass is 16.3. The summed E-state index contributed by atoms with van der Waals surface area (Å²) in [5, 5.41) is 10.1. The summed E-state index contributed by atoms with van der Waals surface area (Å²) in [6.45, 7) is 3.71. The van der Waals surface area contributed by atoms with E-state index in [0.29, 0.717) is 5.56 Å². The van der Waals surface area contributed by atoms with Crippen LogP contribution >= 0.6 is 0 Å². The molecular formula is C17H24N2O2. The Balaban J connectivity index is 1.81. The van der Waals surface area contributed by atoms with Crippen molar-refractivity contribution in [2.75, 3.05) is 31.1 Å². The fourth-order valence-electron chi connectivity index (χ4n) is 3.31. The van der Waals surface area contributed by atoms with Gasteiger partial charge in [-0.25, -0.2) is 0 Å². The summed E-state index contributed by atoms with van der Waals surface area (Å²) < 4.78 is 0. The number of carbonyl (C=O) groups is 1. The minimum atomic E-state index is -0.0222. The number of piperidine rings is 2. The highest BCUT2D eigenvalue weighted by Crippen LogP contribution is 2.28. The van der Waals surface area contributed by atoms with Gasteiger partial charge in [0.2, 0.25) is 0 Å². The summed E-state index contributed by atoms with van der Waals surface area (Å²) in [5.41, 5.74) is 1.52. The van der Waals surface area contributed by atoms with Gasteiger partial charge in [0.1, 0.15) is 5.75 Å². The predicted octanol–water partition coefficient (Wildman–Crippen LogP) is 3.01. The van der Waals surface area contributed by atoms with Crippen molar-refractivity contribution in [3.8, 4) is 5.75 Å². The molecule has 2 fully saturated rings. The van der Waals surface area contributed by atoms with Crippen LogP contribution in [0, 0.1) is 0 Å². The number of rotatable bonds is 2. The number of anilines is 1. The first-order valence-electron chi connectivity index (χ1n) is 8.13. The van der Waals surface area contributed by atoms with Gasteiger partial charge in [0, 0.05) is 31.9 Å². The zero-order valence-electron chi connectivity index (χ0n) is 12.6. The number of amides is 1. The molecular weight excluding hydrogens is 264 g/mol. The van der Waals surface area contributed by atoms with Crippen LogP contribution in [0.4, 0.5) is 5.69 Å². The number of phenolic OH excluding ortho intramolecular Hbond substituents is 1. The molecule has 1 amide bonds. The molecule has 0 saturated carbocycles. The molecule has 2 aliphatic heterocycles. The van der Waals surface area contributed by atoms with E-state index in [9.17, 15) is 9.90 Å². The average Bonchev–Trinajstić information content (AvgIpc) is 2.56. The fourth-order valence-corrected chi connectivity index (χ4v) is 3.31. The number of benzene rings is 1. The Hall–Kier alpha value is -1.71. The Morgan fingerprint density at radius 1 is 0.905 bits per heavy atom. The third kappa shape index (κ3) is 3.14. The van der Waals surface area contributed by atoms with Crippen LogP contribution in [0.1, 0.15) is 48.9 Å². The van der Waals surface area contributed by atoms with Crippen molar-refractivity contribution in [2.45, 2.75) is 38.5 Å². The van der Waals surface area contributed by atoms with Crippen LogP contribution in [0.3, 0.4) is 0 Å². The van der Waals surface area contributed by atoms with Gasteiger partial charge in [0.25, 0.3) is 5.91 Å². The van der Waals surface area contributed by atoms with Gasteiger partial charge in [0.15, 0.2) is 0 Å². The lowest BCUT2D eigenvalue weighted by molar-refractivity contribution is 0.0721. The summed E-state index contributed by atoms with van der Waals surface area (Å²) in [4.78, 5) is 16.8. The maximum atomic E-state index is 12.6. The molecule has 3 rings (SSSR count). The van der Waals surface area contributed by atoms with Gasteiger partial charge in [-0.3, -0.25) is 4.79 Å². The molecule has 0 radical (unpaired) electrons. The molecule has 0 unspecified atom stereocenters. The lowest BCUT2D eigenvalue weighted by Gasteiger charge is -2.30. The van der Waals surface area contributed by atoms with Gasteiger partial charge in [-0.05, 0) is 56.7 Å². The van der Waals surface area contributed by atoms with Gasteiger partial charge in [-0.2, -0.15) is 0 Å². The number of hydrogen-bond acceptors (Lipinski definition) is 3. The molecule has 0 spiro atoms. The molecule has 0 aliphatic carbocycles. The van der Waals surface area contributed by atoms with Crippen LogP contribution in [0.5, 0.6) is 5.75 Å². The summed E-state index contributed by atoms with van der Waals surface area (Å²) in [6.07, 6.45) is 7.03. The third-order valence-corrected chi connectivity index (χ3v) is 4.58. The van der Waals surface area contributed by atoms with E-state index in [1.807, 2.05) is 17.0 Å². The van der Waals surface area contributed by atoms with Crippen molar-refractivity contribution in [1.82, 2.24) is 4.90 Å². The second kappa shape index (κ2) is 6.37. The van der Waals surface area contributed by atoms with Gasteiger partial charge < -0.3 is 14.9 Å². The fraction of sp³-hybridized carbons (Fsp3) is 0.588. The SMILES string of the molecule is O=C(c1cc(N2CCCCC2)ccc1O)N1CCCCC1. The van der Waals surface area contributed by atoms with Crippen molar-refractivity contribution in [1.29, 1.82) is 0 Å². The van der Waals surface area contributed by atoms with Gasteiger partial charge in [0.05, 0.1) is 5.56 Å². The highest BCUT2D eigenvalue weighted by molar-refractivity contribution is 5.97. The van der Waals surface area contributed by atoms with Crippen molar-refractivity contribution in [3.63, 3.8) is 0 Å². The molecule has 0 aromatic heterocycles. The van der Waals surface area contributed by atoms with Crippen molar-refractivity contribution in [2.24, 2.45) is 0 Å². The first kappa shape index (κ1) is 14.2. The zero-order chi connectivity index (χ0) is 14.7. The molecule has 4 nitrogen and oxygen atoms in total. The van der Waals surface area contributed by atoms with E-state index in [2.05, 4.69) is 4.90 Å². The van der Waals surface area contributed by atoms with Crippen LogP contribution in [0.25, 0.3) is 0 Å². The molecule has 1 N–H and O–H groups in total. The molecule has 2 aliphatic rings. The van der Waals surface area contributed by atoms with Gasteiger partial charge in [-0.15, -0.1) is 0 Å². The standard InChI is InChI=1S/C17H24N2O2/c20-16-8-7-14(18-9-3-1-4-10-18)13-15(16)17(21)19-11-5-2-6-12-19/h7-8,13,20H,1-6,9-12H2. The Bertz CT molecular complexity index is 504. The summed E-state index contributed by atoms with van der Waals surface area (Å²) in [5.74, 6) is 0.0809. The second-order valence-corrected chi connectivity index (χ2v) is 6.10. The Labute approximate surface area is 126 Å². The number of phenols is 1. The van der Waals surface area contributed by atoms with Gasteiger partial charge in [-0.1, -0.05) is 0 Å². The lowest BCUT2D eigenvalue weighted by atomic mass is 10.1. The number of nitrogens with zero attached hydrogens (tertiary/aromatic N) is 2. The van der Waals surface area contributed by atoms with E-state index in [1.54, 1.807) is 6.07 Å². The van der Waals surface area contributed by atoms with E-state index < -0.39 is 0 Å². The topological polar surface area (TPSA) is 43.8 Å². The number of hydrogen-bond donors (Lipinski definition) is 1. The molecule has 114 valence electrons. The van der Waals surface area contributed by atoms with Crippen LogP contribution in [0.2, 0.25) is 0 Å². The summed E-state index contributed by atoms with van der Waals surface area (Å²) in [6, 6.07) is 5.46. The zero-order valence-corrected chi connectivity index (χ0v) is 12.6. The molecule has 4 heteroatoms. The lowest BCUT2D eigenvalue weighted by Crippen LogP contribution is -2.36. The van der Waals surface area contributed by atoms with E-state index in [1.165, 1.54) is 25.7 Å². The molecule has 2 heterocycles. The first-order chi connectivity index (χ1) is 10.3. The average molecular weight is 288 g/mol. The van der Waals surface area contributed by atoms with Crippen LogP contribution in [-0.2, 0) is 0 Å². The highest BCUT2D eigenvalue weighted by Gasteiger charge is 2.22. The predicted molar refractivity (Wildman–Crippen MR) is 83.9 cm³/mol. The van der Waals surface area contributed by atoms with E-state index >= 15 is 0 Å². The second-order valence-electron chi connectivity index (χ2n) is 6.10. The molecule has 1 aromatic carbocycles. The summed E-state index contributed by atoms with van der Waals surface area (Å²) in [7, 11) is 0. The van der Waals surface area contributed by atoms with Gasteiger partial charge >= 0.3 is 0 Å². The van der Waals surface area contributed by atoms with Crippen LogP contribution < -0.4 is 4.90 Å². The molecule has 1 aromatic rings. The van der Waals surface area contributed by atoms with Crippen LogP contribution in [-0.4, -0.2) is 42.1 Å². The van der Waals surface area contributed by atoms with E-state index in [0.717, 1.165) is 44.7 Å². The summed E-state index contributed by atoms with van der Waals surface area (Å²) >= 11 is 0. The number of aromatic hydroxyl groups is 1. The smallest absolute Gasteiger partial charge is 0.257 e. The third-order valence-electron chi connectivity index (χ3n) is 4.58. The maximum Gasteiger partial charge on any atom is 0.257 e. The van der Waals surface area contributed by atoms with E-state index in [-0.39, 0.29) is 11.7 Å². The largest absolute Gasteiger partial charge is 0.507 e. The maximum absolute atomic E-state index is 12.6. The quantitative estimate of drug-likeness (QED) is 0.909. The Morgan fingerprint density at radius 3 is 2.19 bits per heavy atom. The van der Waals surface area contributed by atoms with Crippen molar-refractivity contribution < 1.29 is 9.90 Å². The minimum Gasteiger partial charge on any atom is -0.507 e. The Morgan fingerprint density at radius 2 is 1.52 bits per heavy atom. The Kier molecular flexibility index (Phi) is 4.32. The monoisotopic (exact) mass is 288 g/mol. The number of carbonyl (C=O) groups excluding carboxylic acids is 1. The van der Waals surface area contributed by atoms with Crippen molar-refractivity contribution in [3.05, 3.63) is 23.8 Å². The van der Waals surface area contributed by atoms with Crippen molar-refractivity contribution >= 4 is 11.6 Å². The molecule has 2 saturated heterocycles. The number of likely N-dealkylation sites (tertiary alicyclic amines) is 1. The minimum absolute atomic E-state index is 0.0222. The molecule has 21 heavy (non-hydrogen) atoms. The van der Waals surface area contributed by atoms with E-state index in [4.69, 9.17) is 0 Å².